The molecule has 1 amide bonds. The van der Waals surface area contributed by atoms with Gasteiger partial charge < -0.3 is 10.1 Å². The van der Waals surface area contributed by atoms with Gasteiger partial charge in [-0.3, -0.25) is 9.69 Å². The van der Waals surface area contributed by atoms with Crippen LogP contribution in [0.2, 0.25) is 0 Å². The van der Waals surface area contributed by atoms with Crippen LogP contribution in [-0.4, -0.2) is 43.0 Å². The Bertz CT molecular complexity index is 933. The molecule has 0 spiro atoms. The zero-order valence-electron chi connectivity index (χ0n) is 17.8. The molecule has 0 unspecified atom stereocenters. The van der Waals surface area contributed by atoms with E-state index < -0.39 is 12.0 Å². The third-order valence-corrected chi connectivity index (χ3v) is 5.22. The van der Waals surface area contributed by atoms with Crippen molar-refractivity contribution in [1.82, 2.24) is 10.2 Å². The molecule has 5 heteroatoms. The topological polar surface area (TPSA) is 58.6 Å². The minimum Gasteiger partial charge on any atom is -0.467 e. The van der Waals surface area contributed by atoms with Crippen LogP contribution in [0.4, 0.5) is 0 Å². The standard InChI is InChI=1S/C25H28N2O3/c1-18(2)23(25(29)30-3)26-24(28)22-13-11-20(12-14-22)6-5-19-7-9-21(10-8-19)17-27-15-4-16-27/h7-14,18,23H,4,15-17H2,1-3H3,(H,26,28)/t23-/m0/s1. The van der Waals surface area contributed by atoms with Crippen molar-refractivity contribution in [1.29, 1.82) is 0 Å². The summed E-state index contributed by atoms with van der Waals surface area (Å²) in [6, 6.07) is 14.7. The van der Waals surface area contributed by atoms with Crippen molar-refractivity contribution < 1.29 is 14.3 Å². The van der Waals surface area contributed by atoms with Gasteiger partial charge in [0.1, 0.15) is 6.04 Å². The van der Waals surface area contributed by atoms with Crippen LogP contribution in [0.25, 0.3) is 0 Å². The van der Waals surface area contributed by atoms with Crippen LogP contribution >= 0.6 is 0 Å². The number of nitrogens with one attached hydrogen (secondary N) is 1. The number of benzene rings is 2. The van der Waals surface area contributed by atoms with Crippen LogP contribution in [0, 0.1) is 17.8 Å². The molecule has 0 aromatic heterocycles. The van der Waals surface area contributed by atoms with Gasteiger partial charge in [0.15, 0.2) is 0 Å². The molecule has 3 rings (SSSR count). The molecule has 0 saturated carbocycles. The Hall–Kier alpha value is -3.10. The van der Waals surface area contributed by atoms with Crippen LogP contribution in [-0.2, 0) is 16.1 Å². The summed E-state index contributed by atoms with van der Waals surface area (Å²) in [6.45, 7) is 7.11. The van der Waals surface area contributed by atoms with E-state index in [2.05, 4.69) is 34.2 Å². The molecule has 1 atom stereocenters. The summed E-state index contributed by atoms with van der Waals surface area (Å²) in [5.74, 6) is 5.47. The minimum atomic E-state index is -0.675. The third-order valence-electron chi connectivity index (χ3n) is 5.22. The number of carbonyl (C=O) groups is 2. The molecule has 1 aliphatic rings. The Balaban J connectivity index is 1.60. The molecule has 1 heterocycles. The van der Waals surface area contributed by atoms with Crippen LogP contribution < -0.4 is 5.32 Å². The lowest BCUT2D eigenvalue weighted by atomic mass is 10.0. The summed E-state index contributed by atoms with van der Waals surface area (Å²) >= 11 is 0. The summed E-state index contributed by atoms with van der Waals surface area (Å²) in [4.78, 5) is 26.7. The molecule has 1 N–H and O–H groups in total. The molecule has 5 nitrogen and oxygen atoms in total. The van der Waals surface area contributed by atoms with E-state index in [-0.39, 0.29) is 11.8 Å². The van der Waals surface area contributed by atoms with Gasteiger partial charge in [0, 0.05) is 23.2 Å². The highest BCUT2D eigenvalue weighted by Gasteiger charge is 2.25. The quantitative estimate of drug-likeness (QED) is 0.593. The van der Waals surface area contributed by atoms with E-state index in [9.17, 15) is 9.59 Å². The number of likely N-dealkylation sites (tertiary alicyclic amines) is 1. The fraction of sp³-hybridized carbons (Fsp3) is 0.360. The van der Waals surface area contributed by atoms with E-state index in [4.69, 9.17) is 4.74 Å². The predicted octanol–water partition coefficient (Wildman–Crippen LogP) is 3.22. The van der Waals surface area contributed by atoms with Crippen molar-refractivity contribution in [2.24, 2.45) is 5.92 Å². The molecule has 0 radical (unpaired) electrons. The van der Waals surface area contributed by atoms with Gasteiger partial charge in [-0.05, 0) is 67.4 Å². The number of methoxy groups -OCH3 is 1. The molecule has 0 aliphatic carbocycles. The number of ether oxygens (including phenoxy) is 1. The van der Waals surface area contributed by atoms with E-state index >= 15 is 0 Å². The molecular formula is C25H28N2O3. The second-order valence-electron chi connectivity index (χ2n) is 7.87. The van der Waals surface area contributed by atoms with E-state index in [1.165, 1.54) is 32.2 Å². The van der Waals surface area contributed by atoms with E-state index in [1.807, 2.05) is 38.1 Å². The Kier molecular flexibility index (Phi) is 7.26. The molecular weight excluding hydrogens is 376 g/mol. The second-order valence-corrected chi connectivity index (χ2v) is 7.87. The summed E-state index contributed by atoms with van der Waals surface area (Å²) in [5, 5.41) is 2.73. The van der Waals surface area contributed by atoms with Gasteiger partial charge in [-0.15, -0.1) is 0 Å². The van der Waals surface area contributed by atoms with Crippen molar-refractivity contribution in [3.05, 3.63) is 70.8 Å². The number of carbonyl (C=O) groups excluding carboxylic acids is 2. The monoisotopic (exact) mass is 404 g/mol. The molecule has 2 aromatic rings. The fourth-order valence-electron chi connectivity index (χ4n) is 3.19. The molecule has 30 heavy (non-hydrogen) atoms. The summed E-state index contributed by atoms with van der Waals surface area (Å²) in [7, 11) is 1.32. The maximum absolute atomic E-state index is 12.4. The molecule has 0 bridgehead atoms. The number of hydrogen-bond donors (Lipinski definition) is 1. The van der Waals surface area contributed by atoms with Gasteiger partial charge in [0.2, 0.25) is 0 Å². The highest BCUT2D eigenvalue weighted by molar-refractivity contribution is 5.96. The average molecular weight is 405 g/mol. The molecule has 1 saturated heterocycles. The van der Waals surface area contributed by atoms with Crippen LogP contribution in [0.3, 0.4) is 0 Å². The maximum Gasteiger partial charge on any atom is 0.328 e. The Morgan fingerprint density at radius 2 is 1.57 bits per heavy atom. The smallest absolute Gasteiger partial charge is 0.328 e. The van der Waals surface area contributed by atoms with Crippen molar-refractivity contribution in [3.8, 4) is 11.8 Å². The zero-order valence-corrected chi connectivity index (χ0v) is 17.8. The van der Waals surface area contributed by atoms with Crippen LogP contribution in [0.15, 0.2) is 48.5 Å². The molecule has 1 fully saturated rings. The van der Waals surface area contributed by atoms with Crippen molar-refractivity contribution in [2.75, 3.05) is 20.2 Å². The first-order valence-corrected chi connectivity index (χ1v) is 10.3. The summed E-state index contributed by atoms with van der Waals surface area (Å²) in [5.41, 5.74) is 3.57. The number of esters is 1. The summed E-state index contributed by atoms with van der Waals surface area (Å²) < 4.78 is 4.76. The number of nitrogens with zero attached hydrogens (tertiary/aromatic N) is 1. The van der Waals surface area contributed by atoms with Crippen molar-refractivity contribution in [2.45, 2.75) is 32.9 Å². The number of amides is 1. The molecule has 1 aliphatic heterocycles. The Morgan fingerprint density at radius 1 is 1.00 bits per heavy atom. The highest BCUT2D eigenvalue weighted by atomic mass is 16.5. The van der Waals surface area contributed by atoms with Crippen molar-refractivity contribution in [3.63, 3.8) is 0 Å². The second kappa shape index (κ2) is 10.1. The van der Waals surface area contributed by atoms with Gasteiger partial charge in [-0.2, -0.15) is 0 Å². The first-order chi connectivity index (χ1) is 14.5. The number of hydrogen-bond acceptors (Lipinski definition) is 4. The molecule has 156 valence electrons. The third kappa shape index (κ3) is 5.71. The van der Waals surface area contributed by atoms with E-state index in [1.54, 1.807) is 12.1 Å². The van der Waals surface area contributed by atoms with Gasteiger partial charge in [-0.25, -0.2) is 4.79 Å². The van der Waals surface area contributed by atoms with Gasteiger partial charge in [0.05, 0.1) is 7.11 Å². The SMILES string of the molecule is COC(=O)[C@@H](NC(=O)c1ccc(C#Cc2ccc(CN3CCC3)cc2)cc1)C(C)C. The first kappa shape index (κ1) is 21.6. The van der Waals surface area contributed by atoms with E-state index in [0.29, 0.717) is 5.56 Å². The fourth-order valence-corrected chi connectivity index (χ4v) is 3.19. The lowest BCUT2D eigenvalue weighted by Crippen LogP contribution is -2.45. The van der Waals surface area contributed by atoms with Crippen LogP contribution in [0.5, 0.6) is 0 Å². The Morgan fingerprint density at radius 3 is 2.03 bits per heavy atom. The highest BCUT2D eigenvalue weighted by Crippen LogP contribution is 2.13. The number of rotatable bonds is 6. The Labute approximate surface area is 178 Å². The minimum absolute atomic E-state index is 0.0659. The zero-order chi connectivity index (χ0) is 21.5. The first-order valence-electron chi connectivity index (χ1n) is 10.3. The van der Waals surface area contributed by atoms with Gasteiger partial charge >= 0.3 is 5.97 Å². The summed E-state index contributed by atoms with van der Waals surface area (Å²) in [6.07, 6.45) is 1.30. The van der Waals surface area contributed by atoms with Crippen molar-refractivity contribution >= 4 is 11.9 Å². The van der Waals surface area contributed by atoms with Gasteiger partial charge in [-0.1, -0.05) is 37.8 Å². The van der Waals surface area contributed by atoms with Gasteiger partial charge in [0.25, 0.3) is 5.91 Å². The largest absolute Gasteiger partial charge is 0.467 e. The predicted molar refractivity (Wildman–Crippen MR) is 117 cm³/mol. The van der Waals surface area contributed by atoms with Crippen LogP contribution in [0.1, 0.15) is 47.3 Å². The normalized spacial score (nSPS) is 14.3. The lowest BCUT2D eigenvalue weighted by molar-refractivity contribution is -0.144. The van der Waals surface area contributed by atoms with E-state index in [0.717, 1.165) is 17.7 Å². The lowest BCUT2D eigenvalue weighted by Gasteiger charge is -2.30. The molecule has 2 aromatic carbocycles. The average Bonchev–Trinajstić information content (AvgIpc) is 2.73. The maximum atomic E-state index is 12.4.